The van der Waals surface area contributed by atoms with Crippen molar-refractivity contribution >= 4 is 41.7 Å². The number of hydrogen-bond donors (Lipinski definition) is 1. The van der Waals surface area contributed by atoms with Gasteiger partial charge in [0.25, 0.3) is 10.0 Å². The molecule has 2 rings (SSSR count). The number of ether oxygens (including phenoxy) is 1. The Balaban J connectivity index is 2.28. The number of anilines is 1. The minimum Gasteiger partial charge on any atom is -0.496 e. The van der Waals surface area contributed by atoms with Crippen LogP contribution in [0, 0.1) is 0 Å². The molecular formula is C15H17BrN2O5S2. The van der Waals surface area contributed by atoms with Crippen molar-refractivity contribution < 1.29 is 21.6 Å². The van der Waals surface area contributed by atoms with E-state index >= 15 is 0 Å². The normalized spacial score (nSPS) is 12.2. The maximum Gasteiger partial charge on any atom is 0.261 e. The van der Waals surface area contributed by atoms with Gasteiger partial charge in [0, 0.05) is 19.8 Å². The monoisotopic (exact) mass is 448 g/mol. The van der Waals surface area contributed by atoms with E-state index in [4.69, 9.17) is 4.74 Å². The van der Waals surface area contributed by atoms with Gasteiger partial charge in [-0.15, -0.1) is 0 Å². The maximum atomic E-state index is 12.4. The number of nitrogens with one attached hydrogen (secondary N) is 1. The Morgan fingerprint density at radius 2 is 1.52 bits per heavy atom. The van der Waals surface area contributed by atoms with Gasteiger partial charge in [0.1, 0.15) is 5.75 Å². The Morgan fingerprint density at radius 3 is 2.00 bits per heavy atom. The summed E-state index contributed by atoms with van der Waals surface area (Å²) in [5.41, 5.74) is 0.254. The first kappa shape index (κ1) is 19.7. The van der Waals surface area contributed by atoms with Gasteiger partial charge in [0.2, 0.25) is 10.0 Å². The van der Waals surface area contributed by atoms with Crippen LogP contribution in [0.3, 0.4) is 0 Å². The first-order chi connectivity index (χ1) is 11.6. The molecule has 10 heteroatoms. The van der Waals surface area contributed by atoms with Crippen LogP contribution in [0.25, 0.3) is 0 Å². The third-order valence-corrected chi connectivity index (χ3v) is 7.15. The summed E-state index contributed by atoms with van der Waals surface area (Å²) in [7, 11) is -3.06. The molecule has 136 valence electrons. The van der Waals surface area contributed by atoms with Gasteiger partial charge in [-0.3, -0.25) is 4.72 Å². The Bertz CT molecular complexity index is 971. The first-order valence-electron chi connectivity index (χ1n) is 6.97. The van der Waals surface area contributed by atoms with Gasteiger partial charge in [-0.1, -0.05) is 0 Å². The number of rotatable bonds is 6. The number of benzene rings is 2. The third kappa shape index (κ3) is 4.32. The molecule has 0 bridgehead atoms. The first-order valence-corrected chi connectivity index (χ1v) is 10.7. The molecule has 0 heterocycles. The highest BCUT2D eigenvalue weighted by atomic mass is 79.9. The predicted octanol–water partition coefficient (Wildman–Crippen LogP) is 2.51. The zero-order valence-corrected chi connectivity index (χ0v) is 16.9. The van der Waals surface area contributed by atoms with Gasteiger partial charge in [-0.25, -0.2) is 21.1 Å². The molecule has 0 spiro atoms. The average Bonchev–Trinajstić information content (AvgIpc) is 2.54. The lowest BCUT2D eigenvalue weighted by molar-refractivity contribution is 0.411. The molecule has 0 unspecified atom stereocenters. The third-order valence-electron chi connectivity index (χ3n) is 3.32. The van der Waals surface area contributed by atoms with Crippen LogP contribution < -0.4 is 9.46 Å². The van der Waals surface area contributed by atoms with E-state index in [1.165, 1.54) is 63.7 Å². The van der Waals surface area contributed by atoms with Crippen molar-refractivity contribution in [1.82, 2.24) is 4.31 Å². The second kappa shape index (κ2) is 7.32. The van der Waals surface area contributed by atoms with E-state index in [9.17, 15) is 16.8 Å². The standard InChI is InChI=1S/C15H17BrN2O5S2/c1-18(2)25(21,22)12-6-4-11(5-7-12)17-24(19,20)13-8-9-15(23-3)14(16)10-13/h4-10,17H,1-3H3. The molecule has 25 heavy (non-hydrogen) atoms. The largest absolute Gasteiger partial charge is 0.496 e. The van der Waals surface area contributed by atoms with Gasteiger partial charge in [-0.2, -0.15) is 0 Å². The van der Waals surface area contributed by atoms with Crippen molar-refractivity contribution in [3.63, 3.8) is 0 Å². The van der Waals surface area contributed by atoms with Crippen molar-refractivity contribution in [2.45, 2.75) is 9.79 Å². The highest BCUT2D eigenvalue weighted by Crippen LogP contribution is 2.28. The fourth-order valence-corrected chi connectivity index (χ4v) is 4.61. The van der Waals surface area contributed by atoms with E-state index in [0.717, 1.165) is 4.31 Å². The van der Waals surface area contributed by atoms with Crippen LogP contribution in [-0.4, -0.2) is 42.3 Å². The summed E-state index contributed by atoms with van der Waals surface area (Å²) in [6.45, 7) is 0. The predicted molar refractivity (Wildman–Crippen MR) is 98.8 cm³/mol. The van der Waals surface area contributed by atoms with E-state index in [1.807, 2.05) is 0 Å². The summed E-state index contributed by atoms with van der Waals surface area (Å²) in [6.07, 6.45) is 0. The number of methoxy groups -OCH3 is 1. The molecule has 0 amide bonds. The van der Waals surface area contributed by atoms with Crippen LogP contribution in [0.15, 0.2) is 56.7 Å². The van der Waals surface area contributed by atoms with Crippen LogP contribution in [0.4, 0.5) is 5.69 Å². The molecular weight excluding hydrogens is 432 g/mol. The number of hydrogen-bond acceptors (Lipinski definition) is 5. The summed E-state index contributed by atoms with van der Waals surface area (Å²) in [5.74, 6) is 0.511. The quantitative estimate of drug-likeness (QED) is 0.732. The van der Waals surface area contributed by atoms with Crippen LogP contribution in [0.5, 0.6) is 5.75 Å². The van der Waals surface area contributed by atoms with Crippen LogP contribution >= 0.6 is 15.9 Å². The maximum absolute atomic E-state index is 12.4. The smallest absolute Gasteiger partial charge is 0.261 e. The lowest BCUT2D eigenvalue weighted by Crippen LogP contribution is -2.22. The average molecular weight is 449 g/mol. The number of halogens is 1. The van der Waals surface area contributed by atoms with E-state index in [2.05, 4.69) is 20.7 Å². The highest BCUT2D eigenvalue weighted by Gasteiger charge is 2.19. The highest BCUT2D eigenvalue weighted by molar-refractivity contribution is 9.10. The Kier molecular flexibility index (Phi) is 5.77. The molecule has 0 aliphatic rings. The summed E-state index contributed by atoms with van der Waals surface area (Å²) < 4.78 is 58.0. The number of nitrogens with zero attached hydrogens (tertiary/aromatic N) is 1. The lowest BCUT2D eigenvalue weighted by atomic mass is 10.3. The molecule has 2 aromatic carbocycles. The van der Waals surface area contributed by atoms with Gasteiger partial charge in [0.05, 0.1) is 21.4 Å². The molecule has 0 aliphatic heterocycles. The minimum absolute atomic E-state index is 0.0464. The summed E-state index contributed by atoms with van der Waals surface area (Å²) >= 11 is 3.24. The molecule has 0 aromatic heterocycles. The van der Waals surface area contributed by atoms with Crippen molar-refractivity contribution in [2.75, 3.05) is 25.9 Å². The topological polar surface area (TPSA) is 92.8 Å². The second-order valence-electron chi connectivity index (χ2n) is 5.21. The van der Waals surface area contributed by atoms with Crippen LogP contribution in [0.2, 0.25) is 0 Å². The van der Waals surface area contributed by atoms with Crippen LogP contribution in [0.1, 0.15) is 0 Å². The molecule has 0 saturated carbocycles. The molecule has 0 fully saturated rings. The molecule has 7 nitrogen and oxygen atoms in total. The molecule has 2 aromatic rings. The Morgan fingerprint density at radius 1 is 0.960 bits per heavy atom. The minimum atomic E-state index is -3.82. The van der Waals surface area contributed by atoms with Crippen molar-refractivity contribution in [1.29, 1.82) is 0 Å². The van der Waals surface area contributed by atoms with Crippen molar-refractivity contribution in [3.8, 4) is 5.75 Å². The van der Waals surface area contributed by atoms with Crippen molar-refractivity contribution in [3.05, 3.63) is 46.9 Å². The van der Waals surface area contributed by atoms with E-state index in [1.54, 1.807) is 0 Å². The Hall–Kier alpha value is -1.62. The van der Waals surface area contributed by atoms with Gasteiger partial charge in [0.15, 0.2) is 0 Å². The Labute approximate surface area is 155 Å². The van der Waals surface area contributed by atoms with Gasteiger partial charge < -0.3 is 4.74 Å². The summed E-state index contributed by atoms with van der Waals surface area (Å²) in [5, 5.41) is 0. The fraction of sp³-hybridized carbons (Fsp3) is 0.200. The van der Waals surface area contributed by atoms with E-state index in [-0.39, 0.29) is 15.5 Å². The second-order valence-corrected chi connectivity index (χ2v) is 9.90. The summed E-state index contributed by atoms with van der Waals surface area (Å²) in [4.78, 5) is 0.123. The zero-order valence-electron chi connectivity index (χ0n) is 13.7. The molecule has 0 aliphatic carbocycles. The fourth-order valence-electron chi connectivity index (χ4n) is 1.93. The molecule has 0 saturated heterocycles. The van der Waals surface area contributed by atoms with Crippen molar-refractivity contribution in [2.24, 2.45) is 0 Å². The van der Waals surface area contributed by atoms with Gasteiger partial charge >= 0.3 is 0 Å². The van der Waals surface area contributed by atoms with E-state index in [0.29, 0.717) is 10.2 Å². The molecule has 0 atom stereocenters. The molecule has 0 radical (unpaired) electrons. The SMILES string of the molecule is COc1ccc(S(=O)(=O)Nc2ccc(S(=O)(=O)N(C)C)cc2)cc1Br. The van der Waals surface area contributed by atoms with Gasteiger partial charge in [-0.05, 0) is 58.4 Å². The van der Waals surface area contributed by atoms with Crippen LogP contribution in [-0.2, 0) is 20.0 Å². The zero-order chi connectivity index (χ0) is 18.8. The summed E-state index contributed by atoms with van der Waals surface area (Å²) in [6, 6.07) is 9.85. The van der Waals surface area contributed by atoms with E-state index < -0.39 is 20.0 Å². The number of sulfonamides is 2. The lowest BCUT2D eigenvalue weighted by Gasteiger charge is -2.13. The molecule has 1 N–H and O–H groups in total.